The molecule has 2 aromatic rings. The second-order valence-electron chi connectivity index (χ2n) is 8.45. The molecule has 1 aliphatic carbocycles. The lowest BCUT2D eigenvalue weighted by molar-refractivity contribution is -0.0716. The van der Waals surface area contributed by atoms with Gasteiger partial charge in [0.2, 0.25) is 10.0 Å². The van der Waals surface area contributed by atoms with Crippen LogP contribution >= 0.6 is 0 Å². The number of benzene rings is 2. The lowest BCUT2D eigenvalue weighted by atomic mass is 10.2. The quantitative estimate of drug-likeness (QED) is 0.688. The summed E-state index contributed by atoms with van der Waals surface area (Å²) in [6.07, 6.45) is 5.59. The van der Waals surface area contributed by atoms with E-state index in [1.54, 1.807) is 18.2 Å². The maximum absolute atomic E-state index is 12.7. The van der Waals surface area contributed by atoms with Gasteiger partial charge in [-0.3, -0.25) is 4.79 Å². The summed E-state index contributed by atoms with van der Waals surface area (Å²) in [6.45, 7) is 0.913. The van der Waals surface area contributed by atoms with E-state index < -0.39 is 15.8 Å². The third kappa shape index (κ3) is 4.32. The van der Waals surface area contributed by atoms with Crippen molar-refractivity contribution in [3.63, 3.8) is 0 Å². The first kappa shape index (κ1) is 21.2. The molecular formula is C23H26N2O6S. The fraction of sp³-hybridized carbons (Fsp3) is 0.435. The maximum atomic E-state index is 12.7. The predicted octanol–water partition coefficient (Wildman–Crippen LogP) is 3.44. The normalized spacial score (nSPS) is 21.2. The third-order valence-electron chi connectivity index (χ3n) is 6.11. The van der Waals surface area contributed by atoms with Crippen LogP contribution in [0.15, 0.2) is 47.4 Å². The first-order valence-corrected chi connectivity index (χ1v) is 12.5. The minimum absolute atomic E-state index is 0.0833. The minimum atomic E-state index is -3.66. The maximum Gasteiger partial charge on any atom is 0.255 e. The van der Waals surface area contributed by atoms with Gasteiger partial charge in [-0.25, -0.2) is 13.1 Å². The zero-order chi connectivity index (χ0) is 22.2. The molecule has 2 aromatic carbocycles. The molecule has 170 valence electrons. The van der Waals surface area contributed by atoms with E-state index in [4.69, 9.17) is 14.2 Å². The number of carbonyl (C=O) groups excluding carboxylic acids is 1. The second-order valence-corrected chi connectivity index (χ2v) is 10.2. The number of carbonyl (C=O) groups is 1. The molecule has 8 nitrogen and oxygen atoms in total. The van der Waals surface area contributed by atoms with Gasteiger partial charge >= 0.3 is 0 Å². The van der Waals surface area contributed by atoms with Gasteiger partial charge < -0.3 is 19.5 Å². The number of nitrogens with one attached hydrogen (secondary N) is 2. The number of hydrogen-bond donors (Lipinski definition) is 2. The van der Waals surface area contributed by atoms with Crippen molar-refractivity contribution in [1.82, 2.24) is 4.72 Å². The van der Waals surface area contributed by atoms with Crippen LogP contribution in [0, 0.1) is 0 Å². The Bertz CT molecular complexity index is 1100. The van der Waals surface area contributed by atoms with Crippen LogP contribution in [0.25, 0.3) is 0 Å². The lowest BCUT2D eigenvalue weighted by Gasteiger charge is -2.21. The highest BCUT2D eigenvalue weighted by Crippen LogP contribution is 2.47. The van der Waals surface area contributed by atoms with Gasteiger partial charge in [-0.1, -0.05) is 0 Å². The minimum Gasteiger partial charge on any atom is -0.448 e. The van der Waals surface area contributed by atoms with Crippen LogP contribution in [0.1, 0.15) is 48.9 Å². The van der Waals surface area contributed by atoms with Crippen molar-refractivity contribution in [2.24, 2.45) is 0 Å². The average Bonchev–Trinajstić information content (AvgIpc) is 3.54. The van der Waals surface area contributed by atoms with Gasteiger partial charge in [-0.05, 0) is 62.1 Å². The van der Waals surface area contributed by atoms with E-state index in [1.807, 2.05) is 0 Å². The molecule has 2 N–H and O–H groups in total. The van der Waals surface area contributed by atoms with E-state index in [2.05, 4.69) is 10.0 Å². The van der Waals surface area contributed by atoms with Crippen molar-refractivity contribution in [2.75, 3.05) is 18.5 Å². The van der Waals surface area contributed by atoms with Crippen LogP contribution in [-0.4, -0.2) is 39.4 Å². The van der Waals surface area contributed by atoms with Crippen molar-refractivity contribution in [3.8, 4) is 11.5 Å². The Morgan fingerprint density at radius 3 is 2.47 bits per heavy atom. The standard InChI is InChI=1S/C23H26N2O6S/c26-22(25-17-7-10-20-21(14-17)31-23(30-20)11-1-2-12-23)16-5-8-19(9-6-16)32(27,28)24-15-18-4-3-13-29-18/h5-10,14,18,24H,1-4,11-13,15H2,(H,25,26). The number of rotatable bonds is 6. The first-order chi connectivity index (χ1) is 15.4. The summed E-state index contributed by atoms with van der Waals surface area (Å²) in [5.41, 5.74) is 0.940. The molecule has 3 aliphatic rings. The van der Waals surface area contributed by atoms with E-state index >= 15 is 0 Å². The Morgan fingerprint density at radius 2 is 1.75 bits per heavy atom. The number of sulfonamides is 1. The first-order valence-electron chi connectivity index (χ1n) is 11.0. The smallest absolute Gasteiger partial charge is 0.255 e. The molecule has 1 amide bonds. The molecule has 1 unspecified atom stereocenters. The molecule has 1 saturated carbocycles. The predicted molar refractivity (Wildman–Crippen MR) is 117 cm³/mol. The van der Waals surface area contributed by atoms with Crippen LogP contribution in [0.2, 0.25) is 0 Å². The molecule has 2 aliphatic heterocycles. The summed E-state index contributed by atoms with van der Waals surface area (Å²) in [5, 5.41) is 2.83. The highest BCUT2D eigenvalue weighted by atomic mass is 32.2. The molecule has 5 rings (SSSR count). The summed E-state index contributed by atoms with van der Waals surface area (Å²) in [4.78, 5) is 12.8. The molecular weight excluding hydrogens is 432 g/mol. The SMILES string of the molecule is O=C(Nc1ccc2c(c1)OC1(CCCC1)O2)c1ccc(S(=O)(=O)NCC2CCCO2)cc1. The molecule has 1 atom stereocenters. The Labute approximate surface area is 187 Å². The van der Waals surface area contributed by atoms with Gasteiger partial charge in [0.1, 0.15) is 0 Å². The third-order valence-corrected chi connectivity index (χ3v) is 7.55. The van der Waals surface area contributed by atoms with E-state index in [1.165, 1.54) is 24.3 Å². The summed E-state index contributed by atoms with van der Waals surface area (Å²) in [7, 11) is -3.66. The Morgan fingerprint density at radius 1 is 1.00 bits per heavy atom. The fourth-order valence-electron chi connectivity index (χ4n) is 4.37. The largest absolute Gasteiger partial charge is 0.448 e. The molecule has 2 heterocycles. The number of anilines is 1. The van der Waals surface area contributed by atoms with Gasteiger partial charge in [-0.15, -0.1) is 0 Å². The van der Waals surface area contributed by atoms with Gasteiger partial charge in [0.05, 0.1) is 11.0 Å². The zero-order valence-corrected chi connectivity index (χ0v) is 18.4. The van der Waals surface area contributed by atoms with Crippen molar-refractivity contribution in [2.45, 2.75) is 55.3 Å². The van der Waals surface area contributed by atoms with E-state index in [0.717, 1.165) is 38.5 Å². The molecule has 0 radical (unpaired) electrons. The number of amides is 1. The zero-order valence-electron chi connectivity index (χ0n) is 17.6. The van der Waals surface area contributed by atoms with Gasteiger partial charge in [0.15, 0.2) is 11.5 Å². The molecule has 2 fully saturated rings. The van der Waals surface area contributed by atoms with E-state index in [-0.39, 0.29) is 23.5 Å². The van der Waals surface area contributed by atoms with Crippen LogP contribution in [-0.2, 0) is 14.8 Å². The molecule has 9 heteroatoms. The van der Waals surface area contributed by atoms with Crippen molar-refractivity contribution in [1.29, 1.82) is 0 Å². The monoisotopic (exact) mass is 458 g/mol. The summed E-state index contributed by atoms with van der Waals surface area (Å²) < 4.78 is 45.0. The van der Waals surface area contributed by atoms with Crippen LogP contribution < -0.4 is 19.5 Å². The summed E-state index contributed by atoms with van der Waals surface area (Å²) in [6, 6.07) is 11.2. The molecule has 1 spiro atoms. The van der Waals surface area contributed by atoms with Crippen molar-refractivity contribution >= 4 is 21.6 Å². The number of fused-ring (bicyclic) bond motifs is 1. The summed E-state index contributed by atoms with van der Waals surface area (Å²) in [5.74, 6) is 0.429. The number of ether oxygens (including phenoxy) is 3. The molecule has 0 bridgehead atoms. The number of hydrogen-bond acceptors (Lipinski definition) is 6. The average molecular weight is 459 g/mol. The van der Waals surface area contributed by atoms with Gasteiger partial charge in [0.25, 0.3) is 11.7 Å². The van der Waals surface area contributed by atoms with Crippen LogP contribution in [0.4, 0.5) is 5.69 Å². The molecule has 32 heavy (non-hydrogen) atoms. The molecule has 1 saturated heterocycles. The van der Waals surface area contributed by atoms with Gasteiger partial charge in [-0.2, -0.15) is 0 Å². The highest BCUT2D eigenvalue weighted by Gasteiger charge is 2.44. The second kappa shape index (κ2) is 8.38. The Balaban J connectivity index is 1.22. The Hall–Kier alpha value is -2.62. The van der Waals surface area contributed by atoms with Crippen molar-refractivity contribution in [3.05, 3.63) is 48.0 Å². The van der Waals surface area contributed by atoms with E-state index in [0.29, 0.717) is 29.4 Å². The van der Waals surface area contributed by atoms with E-state index in [9.17, 15) is 13.2 Å². The highest BCUT2D eigenvalue weighted by molar-refractivity contribution is 7.89. The fourth-order valence-corrected chi connectivity index (χ4v) is 5.44. The molecule has 0 aromatic heterocycles. The summed E-state index contributed by atoms with van der Waals surface area (Å²) >= 11 is 0. The van der Waals surface area contributed by atoms with Gasteiger partial charge in [0, 0.05) is 43.3 Å². The Kier molecular flexibility index (Phi) is 5.56. The lowest BCUT2D eigenvalue weighted by Crippen LogP contribution is -2.34. The van der Waals surface area contributed by atoms with Crippen molar-refractivity contribution < 1.29 is 27.4 Å². The van der Waals surface area contributed by atoms with Crippen LogP contribution in [0.5, 0.6) is 11.5 Å². The van der Waals surface area contributed by atoms with Crippen LogP contribution in [0.3, 0.4) is 0 Å². The topological polar surface area (TPSA) is 103 Å².